The molecule has 0 aliphatic heterocycles. The number of carbonyl (C=O) groups excluding carboxylic acids is 1. The highest BCUT2D eigenvalue weighted by Crippen LogP contribution is 2.19. The predicted octanol–water partition coefficient (Wildman–Crippen LogP) is -0.318. The SMILES string of the molecule is CCCOc1ccc(C(C)([NH3+])C(=O)[O-])cc1. The van der Waals surface area contributed by atoms with Crippen molar-refractivity contribution in [2.24, 2.45) is 0 Å². The summed E-state index contributed by atoms with van der Waals surface area (Å²) >= 11 is 0. The van der Waals surface area contributed by atoms with Crippen molar-refractivity contribution in [3.63, 3.8) is 0 Å². The highest BCUT2D eigenvalue weighted by molar-refractivity contribution is 5.76. The minimum atomic E-state index is -1.22. The molecule has 0 amide bonds. The van der Waals surface area contributed by atoms with E-state index in [2.05, 4.69) is 5.73 Å². The molecular weight excluding hydrogens is 206 g/mol. The van der Waals surface area contributed by atoms with Gasteiger partial charge in [-0.05, 0) is 30.7 Å². The zero-order valence-corrected chi connectivity index (χ0v) is 9.66. The summed E-state index contributed by atoms with van der Waals surface area (Å²) in [6.45, 7) is 4.20. The van der Waals surface area contributed by atoms with Crippen LogP contribution in [0, 0.1) is 0 Å². The Hall–Kier alpha value is -1.55. The van der Waals surface area contributed by atoms with Gasteiger partial charge in [0.1, 0.15) is 11.7 Å². The van der Waals surface area contributed by atoms with Gasteiger partial charge in [-0.2, -0.15) is 0 Å². The molecule has 88 valence electrons. The molecule has 0 fully saturated rings. The van der Waals surface area contributed by atoms with E-state index in [9.17, 15) is 9.90 Å². The summed E-state index contributed by atoms with van der Waals surface area (Å²) in [6, 6.07) is 6.90. The number of carbonyl (C=O) groups is 1. The Morgan fingerprint density at radius 1 is 1.44 bits per heavy atom. The molecule has 0 saturated carbocycles. The first-order valence-electron chi connectivity index (χ1n) is 5.28. The summed E-state index contributed by atoms with van der Waals surface area (Å²) in [7, 11) is 0. The largest absolute Gasteiger partial charge is 0.543 e. The van der Waals surface area contributed by atoms with Gasteiger partial charge >= 0.3 is 0 Å². The molecule has 4 nitrogen and oxygen atoms in total. The van der Waals surface area contributed by atoms with Gasteiger partial charge in [0.2, 0.25) is 0 Å². The number of hydrogen-bond donors (Lipinski definition) is 1. The fraction of sp³-hybridized carbons (Fsp3) is 0.417. The average Bonchev–Trinajstić information content (AvgIpc) is 2.26. The van der Waals surface area contributed by atoms with Gasteiger partial charge in [-0.3, -0.25) is 0 Å². The molecule has 0 aliphatic carbocycles. The Kier molecular flexibility index (Phi) is 3.90. The Morgan fingerprint density at radius 3 is 2.44 bits per heavy atom. The van der Waals surface area contributed by atoms with E-state index in [0.717, 1.165) is 12.2 Å². The zero-order chi connectivity index (χ0) is 12.2. The molecular formula is C12H17NO3. The lowest BCUT2D eigenvalue weighted by Crippen LogP contribution is -2.75. The van der Waals surface area contributed by atoms with E-state index in [1.165, 1.54) is 6.92 Å². The second-order valence-corrected chi connectivity index (χ2v) is 3.99. The van der Waals surface area contributed by atoms with Gasteiger partial charge in [-0.25, -0.2) is 0 Å². The van der Waals surface area contributed by atoms with Crippen LogP contribution in [0.4, 0.5) is 0 Å². The number of rotatable bonds is 5. The van der Waals surface area contributed by atoms with Gasteiger partial charge in [0, 0.05) is 12.5 Å². The number of benzene rings is 1. The van der Waals surface area contributed by atoms with Crippen LogP contribution in [0.25, 0.3) is 0 Å². The van der Waals surface area contributed by atoms with Crippen molar-refractivity contribution in [3.05, 3.63) is 29.8 Å². The van der Waals surface area contributed by atoms with E-state index in [-0.39, 0.29) is 0 Å². The number of aliphatic carboxylic acids is 1. The molecule has 1 aromatic carbocycles. The fourth-order valence-electron chi connectivity index (χ4n) is 1.26. The smallest absolute Gasteiger partial charge is 0.157 e. The van der Waals surface area contributed by atoms with Gasteiger partial charge in [0.05, 0.1) is 6.61 Å². The van der Waals surface area contributed by atoms with Crippen LogP contribution >= 0.6 is 0 Å². The Bertz CT molecular complexity index is 357. The lowest BCUT2D eigenvalue weighted by molar-refractivity contribution is -0.489. The number of carboxylic acid groups (broad SMARTS) is 1. The number of carboxylic acids is 1. The van der Waals surface area contributed by atoms with Gasteiger partial charge in [0.15, 0.2) is 5.54 Å². The monoisotopic (exact) mass is 223 g/mol. The summed E-state index contributed by atoms with van der Waals surface area (Å²) in [5.74, 6) is -0.450. The molecule has 0 bridgehead atoms. The van der Waals surface area contributed by atoms with E-state index < -0.39 is 11.5 Å². The molecule has 0 spiro atoms. The highest BCUT2D eigenvalue weighted by Gasteiger charge is 2.26. The van der Waals surface area contributed by atoms with Crippen molar-refractivity contribution >= 4 is 5.97 Å². The third-order valence-corrected chi connectivity index (χ3v) is 2.41. The topological polar surface area (TPSA) is 77.0 Å². The molecule has 1 atom stereocenters. The Balaban J connectivity index is 2.82. The molecule has 4 heteroatoms. The minimum absolute atomic E-state index is 0.608. The van der Waals surface area contributed by atoms with Crippen LogP contribution in [-0.4, -0.2) is 12.6 Å². The molecule has 0 aliphatic rings. The first-order valence-corrected chi connectivity index (χ1v) is 5.28. The van der Waals surface area contributed by atoms with Crippen LogP contribution in [-0.2, 0) is 10.3 Å². The van der Waals surface area contributed by atoms with Crippen LogP contribution in [0.2, 0.25) is 0 Å². The second kappa shape index (κ2) is 4.99. The van der Waals surface area contributed by atoms with E-state index in [4.69, 9.17) is 4.74 Å². The first-order chi connectivity index (χ1) is 7.48. The van der Waals surface area contributed by atoms with Crippen LogP contribution in [0.15, 0.2) is 24.3 Å². The summed E-state index contributed by atoms with van der Waals surface area (Å²) in [5.41, 5.74) is 3.02. The molecule has 1 rings (SSSR count). The van der Waals surface area contributed by atoms with Crippen molar-refractivity contribution in [3.8, 4) is 5.75 Å². The van der Waals surface area contributed by atoms with E-state index >= 15 is 0 Å². The van der Waals surface area contributed by atoms with Gasteiger partial charge in [-0.15, -0.1) is 0 Å². The molecule has 0 radical (unpaired) electrons. The molecule has 16 heavy (non-hydrogen) atoms. The maximum atomic E-state index is 10.9. The van der Waals surface area contributed by atoms with Crippen LogP contribution < -0.4 is 15.6 Å². The fourth-order valence-corrected chi connectivity index (χ4v) is 1.26. The van der Waals surface area contributed by atoms with Crippen molar-refractivity contribution < 1.29 is 20.4 Å². The predicted molar refractivity (Wildman–Crippen MR) is 57.5 cm³/mol. The van der Waals surface area contributed by atoms with Gasteiger partial charge < -0.3 is 20.4 Å². The normalized spacial score (nSPS) is 14.2. The average molecular weight is 223 g/mol. The van der Waals surface area contributed by atoms with Crippen molar-refractivity contribution in [1.82, 2.24) is 0 Å². The van der Waals surface area contributed by atoms with Crippen molar-refractivity contribution in [1.29, 1.82) is 0 Å². The standard InChI is InChI=1S/C12H17NO3/c1-3-8-16-10-6-4-9(5-7-10)12(2,13)11(14)15/h4-7H,3,8,13H2,1-2H3,(H,14,15). The molecule has 0 saturated heterocycles. The van der Waals surface area contributed by atoms with E-state index in [1.54, 1.807) is 24.3 Å². The lowest BCUT2D eigenvalue weighted by atomic mass is 9.93. The number of hydrogen-bond acceptors (Lipinski definition) is 3. The van der Waals surface area contributed by atoms with E-state index in [1.807, 2.05) is 6.92 Å². The summed E-state index contributed by atoms with van der Waals surface area (Å²) in [5, 5.41) is 10.9. The molecule has 0 aromatic heterocycles. The lowest BCUT2D eigenvalue weighted by Gasteiger charge is -2.22. The first kappa shape index (κ1) is 12.5. The van der Waals surface area contributed by atoms with E-state index in [0.29, 0.717) is 12.2 Å². The third kappa shape index (κ3) is 2.73. The number of ether oxygens (including phenoxy) is 1. The van der Waals surface area contributed by atoms with Crippen LogP contribution in [0.3, 0.4) is 0 Å². The number of quaternary nitrogens is 1. The summed E-state index contributed by atoms with van der Waals surface area (Å²) in [4.78, 5) is 10.9. The Labute approximate surface area is 95.0 Å². The van der Waals surface area contributed by atoms with Crippen LogP contribution in [0.5, 0.6) is 5.75 Å². The molecule has 3 N–H and O–H groups in total. The third-order valence-electron chi connectivity index (χ3n) is 2.41. The maximum Gasteiger partial charge on any atom is 0.157 e. The molecule has 1 aromatic rings. The van der Waals surface area contributed by atoms with Crippen molar-refractivity contribution in [2.45, 2.75) is 25.8 Å². The highest BCUT2D eigenvalue weighted by atomic mass is 16.5. The van der Waals surface area contributed by atoms with Crippen molar-refractivity contribution in [2.75, 3.05) is 6.61 Å². The summed E-state index contributed by atoms with van der Waals surface area (Å²) in [6.07, 6.45) is 0.938. The maximum absolute atomic E-state index is 10.9. The summed E-state index contributed by atoms with van der Waals surface area (Å²) < 4.78 is 5.40. The molecule has 0 heterocycles. The quantitative estimate of drug-likeness (QED) is 0.743. The molecule has 1 unspecified atom stereocenters. The van der Waals surface area contributed by atoms with Gasteiger partial charge in [-0.1, -0.05) is 6.92 Å². The zero-order valence-electron chi connectivity index (χ0n) is 9.66. The van der Waals surface area contributed by atoms with Crippen LogP contribution in [0.1, 0.15) is 25.8 Å². The Morgan fingerprint density at radius 2 is 2.00 bits per heavy atom. The minimum Gasteiger partial charge on any atom is -0.543 e. The van der Waals surface area contributed by atoms with Gasteiger partial charge in [0.25, 0.3) is 0 Å². The second-order valence-electron chi connectivity index (χ2n) is 3.99.